The van der Waals surface area contributed by atoms with Gasteiger partial charge in [0.2, 0.25) is 0 Å². The van der Waals surface area contributed by atoms with Gasteiger partial charge in [0.15, 0.2) is 8.32 Å². The van der Waals surface area contributed by atoms with Crippen molar-refractivity contribution >= 4 is 8.32 Å². The van der Waals surface area contributed by atoms with Crippen molar-refractivity contribution in [2.45, 2.75) is 111 Å². The Labute approximate surface area is 170 Å². The van der Waals surface area contributed by atoms with E-state index in [1.165, 1.54) is 43.0 Å². The highest BCUT2D eigenvalue weighted by atomic mass is 28.4. The second-order valence-corrected chi connectivity index (χ2v) is 14.7. The Bertz CT molecular complexity index is 500. The summed E-state index contributed by atoms with van der Waals surface area (Å²) < 4.78 is 7.29. The van der Waals surface area contributed by atoms with Gasteiger partial charge in [-0.25, -0.2) is 0 Å². The molecule has 0 aliphatic heterocycles. The highest BCUT2D eigenvalue weighted by Gasteiger charge is 2.63. The quantitative estimate of drug-likeness (QED) is 0.362. The maximum absolute atomic E-state index is 11.6. The standard InChI is InChI=1S/C24H46O2Si/c1-9-22(25)24-20(15-17(5)6)16-19(8)21(24)14-13-18(7)23(24)26-27(10-2,11-3)12-4/h15,18-23,25H,9-14,16H2,1-8H3/t18-,19-,20+,21+,22?,23?,24-/m0/s1. The Kier molecular flexibility index (Phi) is 7.83. The van der Waals surface area contributed by atoms with Gasteiger partial charge in [0, 0.05) is 5.41 Å². The molecule has 0 amide bonds. The van der Waals surface area contributed by atoms with Crippen molar-refractivity contribution in [2.24, 2.45) is 29.1 Å². The maximum atomic E-state index is 11.6. The molecule has 7 atom stereocenters. The van der Waals surface area contributed by atoms with Gasteiger partial charge >= 0.3 is 0 Å². The molecule has 3 heteroatoms. The highest BCUT2D eigenvalue weighted by molar-refractivity contribution is 6.73. The van der Waals surface area contributed by atoms with Gasteiger partial charge < -0.3 is 9.53 Å². The summed E-state index contributed by atoms with van der Waals surface area (Å²) in [5.74, 6) is 2.25. The van der Waals surface area contributed by atoms with Gasteiger partial charge in [-0.1, -0.05) is 53.2 Å². The average molecular weight is 395 g/mol. The zero-order valence-corrected chi connectivity index (χ0v) is 20.3. The van der Waals surface area contributed by atoms with Crippen LogP contribution in [0.3, 0.4) is 0 Å². The Balaban J connectivity index is 2.60. The van der Waals surface area contributed by atoms with E-state index in [4.69, 9.17) is 4.43 Å². The van der Waals surface area contributed by atoms with Gasteiger partial charge in [-0.15, -0.1) is 0 Å². The minimum atomic E-state index is -1.74. The van der Waals surface area contributed by atoms with E-state index in [-0.39, 0.29) is 17.6 Å². The Morgan fingerprint density at radius 2 is 1.67 bits per heavy atom. The Morgan fingerprint density at radius 1 is 1.07 bits per heavy atom. The first-order valence-corrected chi connectivity index (χ1v) is 14.3. The second-order valence-electron chi connectivity index (χ2n) is 9.93. The van der Waals surface area contributed by atoms with Crippen molar-refractivity contribution < 1.29 is 9.53 Å². The minimum Gasteiger partial charge on any atom is -0.413 e. The molecule has 0 spiro atoms. The third-order valence-corrected chi connectivity index (χ3v) is 13.0. The molecule has 2 saturated carbocycles. The second kappa shape index (κ2) is 9.13. The average Bonchev–Trinajstić information content (AvgIpc) is 2.93. The molecule has 0 aromatic heterocycles. The smallest absolute Gasteiger partial charge is 0.192 e. The largest absolute Gasteiger partial charge is 0.413 e. The topological polar surface area (TPSA) is 29.5 Å². The van der Waals surface area contributed by atoms with Crippen LogP contribution in [0.4, 0.5) is 0 Å². The predicted octanol–water partition coefficient (Wildman–Crippen LogP) is 6.80. The number of allylic oxidation sites excluding steroid dienone is 2. The predicted molar refractivity (Wildman–Crippen MR) is 119 cm³/mol. The zero-order chi connectivity index (χ0) is 20.4. The third-order valence-electron chi connectivity index (χ3n) is 8.35. The Hall–Kier alpha value is -0.123. The van der Waals surface area contributed by atoms with Crippen molar-refractivity contribution in [2.75, 3.05) is 0 Å². The zero-order valence-electron chi connectivity index (χ0n) is 19.3. The molecule has 2 aliphatic rings. The Morgan fingerprint density at radius 3 is 2.15 bits per heavy atom. The SMILES string of the molecule is CCC(O)[C@@]12C(O[Si](CC)(CC)CC)[C@@H](C)CC[C@@H]1[C@@H](C)C[C@H]2C=C(C)C. The van der Waals surface area contributed by atoms with Crippen LogP contribution in [0.15, 0.2) is 11.6 Å². The molecule has 0 heterocycles. The summed E-state index contributed by atoms with van der Waals surface area (Å²) >= 11 is 0. The maximum Gasteiger partial charge on any atom is 0.192 e. The lowest BCUT2D eigenvalue weighted by molar-refractivity contribution is -0.150. The van der Waals surface area contributed by atoms with E-state index in [9.17, 15) is 5.11 Å². The molecule has 158 valence electrons. The molecule has 0 bridgehead atoms. The van der Waals surface area contributed by atoms with E-state index in [2.05, 4.69) is 61.5 Å². The van der Waals surface area contributed by atoms with Crippen LogP contribution in [0.2, 0.25) is 18.1 Å². The minimum absolute atomic E-state index is 0.0964. The molecule has 0 radical (unpaired) electrons. The number of rotatable bonds is 8. The van der Waals surface area contributed by atoms with Crippen LogP contribution >= 0.6 is 0 Å². The lowest BCUT2D eigenvalue weighted by Gasteiger charge is -2.56. The molecule has 1 N–H and O–H groups in total. The number of aliphatic hydroxyl groups is 1. The molecule has 0 saturated heterocycles. The van der Waals surface area contributed by atoms with Crippen LogP contribution in [0.25, 0.3) is 0 Å². The molecule has 2 unspecified atom stereocenters. The number of hydrogen-bond acceptors (Lipinski definition) is 2. The summed E-state index contributed by atoms with van der Waals surface area (Å²) in [5.41, 5.74) is 1.29. The van der Waals surface area contributed by atoms with Gasteiger partial charge in [-0.2, -0.15) is 0 Å². The molecular weight excluding hydrogens is 348 g/mol. The third kappa shape index (κ3) is 3.98. The first-order valence-electron chi connectivity index (χ1n) is 11.7. The van der Waals surface area contributed by atoms with E-state index in [1.807, 2.05) is 0 Å². The van der Waals surface area contributed by atoms with Gasteiger partial charge in [0.25, 0.3) is 0 Å². The van der Waals surface area contributed by atoms with Crippen LogP contribution in [0, 0.1) is 29.1 Å². The van der Waals surface area contributed by atoms with Gasteiger partial charge in [0.05, 0.1) is 12.2 Å². The summed E-state index contributed by atoms with van der Waals surface area (Å²) in [6.07, 6.45) is 6.98. The normalized spacial score (nSPS) is 37.7. The van der Waals surface area contributed by atoms with Crippen LogP contribution < -0.4 is 0 Å². The van der Waals surface area contributed by atoms with Crippen molar-refractivity contribution in [3.63, 3.8) is 0 Å². The van der Waals surface area contributed by atoms with Gasteiger partial charge in [-0.3, -0.25) is 0 Å². The molecular formula is C24H46O2Si. The number of fused-ring (bicyclic) bond motifs is 1. The van der Waals surface area contributed by atoms with Crippen LogP contribution in [0.5, 0.6) is 0 Å². The van der Waals surface area contributed by atoms with E-state index in [1.54, 1.807) is 0 Å². The first kappa shape index (κ1) is 23.2. The van der Waals surface area contributed by atoms with E-state index < -0.39 is 8.32 Å². The lowest BCUT2D eigenvalue weighted by atomic mass is 9.55. The van der Waals surface area contributed by atoms with E-state index in [0.717, 1.165) is 6.42 Å². The summed E-state index contributed by atoms with van der Waals surface area (Å²) in [4.78, 5) is 0. The number of aliphatic hydroxyl groups excluding tert-OH is 1. The van der Waals surface area contributed by atoms with Crippen LogP contribution in [-0.2, 0) is 4.43 Å². The van der Waals surface area contributed by atoms with E-state index >= 15 is 0 Å². The van der Waals surface area contributed by atoms with Gasteiger partial charge in [0.1, 0.15) is 0 Å². The molecule has 0 aromatic rings. The van der Waals surface area contributed by atoms with Crippen LogP contribution in [0.1, 0.15) is 81.1 Å². The summed E-state index contributed by atoms with van der Waals surface area (Å²) in [5, 5.41) is 11.6. The number of hydrogen-bond donors (Lipinski definition) is 1. The fraction of sp³-hybridized carbons (Fsp3) is 0.917. The first-order chi connectivity index (χ1) is 12.7. The molecule has 2 aliphatic carbocycles. The highest BCUT2D eigenvalue weighted by Crippen LogP contribution is 2.63. The lowest BCUT2D eigenvalue weighted by Crippen LogP contribution is -2.61. The van der Waals surface area contributed by atoms with Crippen molar-refractivity contribution in [1.29, 1.82) is 0 Å². The molecule has 0 aromatic carbocycles. The van der Waals surface area contributed by atoms with Crippen molar-refractivity contribution in [3.8, 4) is 0 Å². The van der Waals surface area contributed by atoms with Crippen LogP contribution in [-0.4, -0.2) is 25.6 Å². The van der Waals surface area contributed by atoms with E-state index in [0.29, 0.717) is 23.7 Å². The molecule has 2 fully saturated rings. The monoisotopic (exact) mass is 394 g/mol. The summed E-state index contributed by atoms with van der Waals surface area (Å²) in [6, 6.07) is 3.57. The molecule has 2 nitrogen and oxygen atoms in total. The molecule has 27 heavy (non-hydrogen) atoms. The fourth-order valence-corrected chi connectivity index (χ4v) is 9.69. The summed E-state index contributed by atoms with van der Waals surface area (Å²) in [7, 11) is -1.74. The summed E-state index contributed by atoms with van der Waals surface area (Å²) in [6.45, 7) is 18.4. The van der Waals surface area contributed by atoms with Crippen molar-refractivity contribution in [3.05, 3.63) is 11.6 Å². The van der Waals surface area contributed by atoms with Gasteiger partial charge in [-0.05, 0) is 81.3 Å². The fourth-order valence-electron chi connectivity index (χ4n) is 6.72. The van der Waals surface area contributed by atoms with Crippen molar-refractivity contribution in [1.82, 2.24) is 0 Å². The molecule has 2 rings (SSSR count).